The van der Waals surface area contributed by atoms with Crippen molar-refractivity contribution < 1.29 is 9.18 Å². The molecule has 14 heavy (non-hydrogen) atoms. The van der Waals surface area contributed by atoms with Crippen LogP contribution in [0.1, 0.15) is 17.3 Å². The third kappa shape index (κ3) is 2.04. The molecule has 0 atom stereocenters. The molecule has 1 rings (SSSR count). The van der Waals surface area contributed by atoms with Crippen molar-refractivity contribution in [3.05, 3.63) is 28.0 Å². The standard InChI is InChI=1S/C9H10BrFN2O/c1-2-13-9(14)5-3-4-6(10)7(11)8(5)12/h3-4H,2,12H2,1H3,(H,13,14). The van der Waals surface area contributed by atoms with E-state index in [1.165, 1.54) is 12.1 Å². The third-order valence-corrected chi connectivity index (χ3v) is 2.33. The van der Waals surface area contributed by atoms with Crippen molar-refractivity contribution in [3.63, 3.8) is 0 Å². The van der Waals surface area contributed by atoms with Gasteiger partial charge in [-0.25, -0.2) is 4.39 Å². The Labute approximate surface area is 89.6 Å². The van der Waals surface area contributed by atoms with Gasteiger partial charge in [0.05, 0.1) is 15.7 Å². The number of nitrogens with one attached hydrogen (secondary N) is 1. The number of anilines is 1. The normalized spacial score (nSPS) is 9.93. The highest BCUT2D eigenvalue weighted by Crippen LogP contribution is 2.24. The number of hydrogen-bond acceptors (Lipinski definition) is 2. The summed E-state index contributed by atoms with van der Waals surface area (Å²) in [5.41, 5.74) is 5.47. The summed E-state index contributed by atoms with van der Waals surface area (Å²) in [5.74, 6) is -0.967. The minimum absolute atomic E-state index is 0.134. The summed E-state index contributed by atoms with van der Waals surface area (Å²) in [6.07, 6.45) is 0. The van der Waals surface area contributed by atoms with Gasteiger partial charge in [-0.2, -0.15) is 0 Å². The van der Waals surface area contributed by atoms with E-state index in [4.69, 9.17) is 5.73 Å². The van der Waals surface area contributed by atoms with E-state index in [9.17, 15) is 9.18 Å². The van der Waals surface area contributed by atoms with Crippen molar-refractivity contribution in [2.75, 3.05) is 12.3 Å². The zero-order valence-electron chi connectivity index (χ0n) is 7.60. The Balaban J connectivity index is 3.11. The summed E-state index contributed by atoms with van der Waals surface area (Å²) >= 11 is 2.98. The minimum atomic E-state index is -0.603. The van der Waals surface area contributed by atoms with Crippen LogP contribution in [0.25, 0.3) is 0 Å². The Hall–Kier alpha value is -1.10. The second kappa shape index (κ2) is 4.41. The fraction of sp³-hybridized carbons (Fsp3) is 0.222. The van der Waals surface area contributed by atoms with E-state index in [2.05, 4.69) is 21.2 Å². The molecule has 1 aromatic carbocycles. The second-order valence-electron chi connectivity index (χ2n) is 2.68. The molecule has 0 bridgehead atoms. The predicted molar refractivity (Wildman–Crippen MR) is 56.5 cm³/mol. The molecule has 0 aliphatic heterocycles. The Kier molecular flexibility index (Phi) is 3.46. The summed E-state index contributed by atoms with van der Waals surface area (Å²) < 4.78 is 13.5. The number of carbonyl (C=O) groups is 1. The van der Waals surface area contributed by atoms with Crippen LogP contribution >= 0.6 is 15.9 Å². The second-order valence-corrected chi connectivity index (χ2v) is 3.54. The minimum Gasteiger partial charge on any atom is -0.396 e. The van der Waals surface area contributed by atoms with Crippen LogP contribution in [0, 0.1) is 5.82 Å². The molecule has 0 heterocycles. The Morgan fingerprint density at radius 2 is 2.29 bits per heavy atom. The lowest BCUT2D eigenvalue weighted by molar-refractivity contribution is 0.0956. The van der Waals surface area contributed by atoms with Gasteiger partial charge >= 0.3 is 0 Å². The molecule has 0 spiro atoms. The average Bonchev–Trinajstić information content (AvgIpc) is 2.15. The number of halogens is 2. The van der Waals surface area contributed by atoms with E-state index >= 15 is 0 Å². The lowest BCUT2D eigenvalue weighted by Crippen LogP contribution is -2.24. The molecule has 3 N–H and O–H groups in total. The van der Waals surface area contributed by atoms with Crippen molar-refractivity contribution in [2.45, 2.75) is 6.92 Å². The van der Waals surface area contributed by atoms with Crippen molar-refractivity contribution in [3.8, 4) is 0 Å². The number of nitrogen functional groups attached to an aromatic ring is 1. The molecule has 76 valence electrons. The van der Waals surface area contributed by atoms with E-state index in [0.29, 0.717) is 6.54 Å². The number of hydrogen-bond donors (Lipinski definition) is 2. The molecule has 3 nitrogen and oxygen atoms in total. The van der Waals surface area contributed by atoms with Gasteiger partial charge in [0.1, 0.15) is 0 Å². The highest BCUT2D eigenvalue weighted by Gasteiger charge is 2.13. The van der Waals surface area contributed by atoms with Gasteiger partial charge in [0.25, 0.3) is 5.91 Å². The molecule has 0 saturated carbocycles. The third-order valence-electron chi connectivity index (χ3n) is 1.71. The molecule has 1 amide bonds. The molecular weight excluding hydrogens is 251 g/mol. The number of carbonyl (C=O) groups excluding carboxylic acids is 1. The fourth-order valence-corrected chi connectivity index (χ4v) is 1.37. The summed E-state index contributed by atoms with van der Waals surface area (Å²) in [4.78, 5) is 11.4. The van der Waals surface area contributed by atoms with E-state index in [-0.39, 0.29) is 21.6 Å². The van der Waals surface area contributed by atoms with Crippen LogP contribution in [0.3, 0.4) is 0 Å². The highest BCUT2D eigenvalue weighted by atomic mass is 79.9. The zero-order chi connectivity index (χ0) is 10.7. The van der Waals surface area contributed by atoms with E-state index < -0.39 is 5.82 Å². The number of amides is 1. The molecule has 0 aromatic heterocycles. The molecular formula is C9H10BrFN2O. The average molecular weight is 261 g/mol. The maximum absolute atomic E-state index is 13.2. The summed E-state index contributed by atoms with van der Waals surface area (Å²) in [7, 11) is 0. The summed E-state index contributed by atoms with van der Waals surface area (Å²) in [6, 6.07) is 2.93. The van der Waals surface area contributed by atoms with Crippen molar-refractivity contribution in [1.82, 2.24) is 5.32 Å². The molecule has 0 fully saturated rings. The maximum Gasteiger partial charge on any atom is 0.253 e. The zero-order valence-corrected chi connectivity index (χ0v) is 9.19. The maximum atomic E-state index is 13.2. The van der Waals surface area contributed by atoms with Gasteiger partial charge in [-0.1, -0.05) is 0 Å². The molecule has 0 radical (unpaired) electrons. The lowest BCUT2D eigenvalue weighted by Gasteiger charge is -2.07. The first kappa shape index (κ1) is 11.0. The van der Waals surface area contributed by atoms with Gasteiger partial charge in [-0.05, 0) is 35.0 Å². The van der Waals surface area contributed by atoms with E-state index in [0.717, 1.165) is 0 Å². The first-order valence-corrected chi connectivity index (χ1v) is 4.89. The van der Waals surface area contributed by atoms with Gasteiger partial charge < -0.3 is 11.1 Å². The van der Waals surface area contributed by atoms with Crippen LogP contribution < -0.4 is 11.1 Å². The number of rotatable bonds is 2. The number of benzene rings is 1. The molecule has 0 unspecified atom stereocenters. The highest BCUT2D eigenvalue weighted by molar-refractivity contribution is 9.10. The van der Waals surface area contributed by atoms with Crippen LogP contribution in [0.4, 0.5) is 10.1 Å². The topological polar surface area (TPSA) is 55.1 Å². The molecule has 0 aliphatic rings. The summed E-state index contributed by atoms with van der Waals surface area (Å²) in [6.45, 7) is 2.26. The molecule has 5 heteroatoms. The van der Waals surface area contributed by atoms with Crippen LogP contribution in [-0.2, 0) is 0 Å². The van der Waals surface area contributed by atoms with Gasteiger partial charge in [0.15, 0.2) is 5.82 Å². The monoisotopic (exact) mass is 260 g/mol. The Morgan fingerprint density at radius 3 is 2.86 bits per heavy atom. The Bertz CT molecular complexity index is 368. The van der Waals surface area contributed by atoms with Crippen molar-refractivity contribution in [2.24, 2.45) is 0 Å². The fourth-order valence-electron chi connectivity index (χ4n) is 1.02. The van der Waals surface area contributed by atoms with Crippen molar-refractivity contribution >= 4 is 27.5 Å². The van der Waals surface area contributed by atoms with E-state index in [1.807, 2.05) is 0 Å². The molecule has 1 aromatic rings. The SMILES string of the molecule is CCNC(=O)c1ccc(Br)c(F)c1N. The molecule has 0 saturated heterocycles. The number of nitrogens with two attached hydrogens (primary N) is 1. The van der Waals surface area contributed by atoms with Gasteiger partial charge in [-0.3, -0.25) is 4.79 Å². The summed E-state index contributed by atoms with van der Waals surface area (Å²) in [5, 5.41) is 2.55. The lowest BCUT2D eigenvalue weighted by atomic mass is 10.1. The van der Waals surface area contributed by atoms with E-state index in [1.54, 1.807) is 6.92 Å². The quantitative estimate of drug-likeness (QED) is 0.799. The van der Waals surface area contributed by atoms with Crippen LogP contribution in [-0.4, -0.2) is 12.5 Å². The van der Waals surface area contributed by atoms with Gasteiger partial charge in [-0.15, -0.1) is 0 Å². The van der Waals surface area contributed by atoms with Crippen LogP contribution in [0.5, 0.6) is 0 Å². The molecule has 0 aliphatic carbocycles. The van der Waals surface area contributed by atoms with Crippen LogP contribution in [0.2, 0.25) is 0 Å². The first-order valence-electron chi connectivity index (χ1n) is 4.09. The van der Waals surface area contributed by atoms with Crippen LogP contribution in [0.15, 0.2) is 16.6 Å². The largest absolute Gasteiger partial charge is 0.396 e. The first-order chi connectivity index (χ1) is 6.57. The van der Waals surface area contributed by atoms with Gasteiger partial charge in [0.2, 0.25) is 0 Å². The smallest absolute Gasteiger partial charge is 0.253 e. The predicted octanol–water partition coefficient (Wildman–Crippen LogP) is 1.92. The van der Waals surface area contributed by atoms with Gasteiger partial charge in [0, 0.05) is 6.54 Å². The van der Waals surface area contributed by atoms with Crippen molar-refractivity contribution in [1.29, 1.82) is 0 Å². The Morgan fingerprint density at radius 1 is 1.64 bits per heavy atom.